The van der Waals surface area contributed by atoms with Crippen molar-refractivity contribution in [1.82, 2.24) is 5.32 Å². The first-order valence-electron chi connectivity index (χ1n) is 9.25. The summed E-state index contributed by atoms with van der Waals surface area (Å²) >= 11 is 12.8. The summed E-state index contributed by atoms with van der Waals surface area (Å²) in [5.41, 5.74) is 3.61. The van der Waals surface area contributed by atoms with Gasteiger partial charge in [-0.2, -0.15) is 0 Å². The predicted octanol–water partition coefficient (Wildman–Crippen LogP) is 5.57. The van der Waals surface area contributed by atoms with Gasteiger partial charge >= 0.3 is 0 Å². The smallest absolute Gasteiger partial charge is 0.223 e. The quantitative estimate of drug-likeness (QED) is 0.716. The first-order valence-corrected chi connectivity index (χ1v) is 10.0. The fraction of sp³-hybridized carbons (Fsp3) is 0.409. The topological polar surface area (TPSA) is 29.1 Å². The van der Waals surface area contributed by atoms with E-state index < -0.39 is 0 Å². The number of benzene rings is 2. The minimum absolute atomic E-state index is 0.0798. The molecule has 0 spiro atoms. The summed E-state index contributed by atoms with van der Waals surface area (Å²) in [4.78, 5) is 12.4. The minimum atomic E-state index is 0.0798. The van der Waals surface area contributed by atoms with E-state index in [-0.39, 0.29) is 23.7 Å². The van der Waals surface area contributed by atoms with Gasteiger partial charge in [0.1, 0.15) is 0 Å². The first kappa shape index (κ1) is 17.9. The van der Waals surface area contributed by atoms with Gasteiger partial charge in [-0.1, -0.05) is 54.4 Å². The van der Waals surface area contributed by atoms with Crippen molar-refractivity contribution in [2.75, 3.05) is 6.54 Å². The third kappa shape index (κ3) is 3.04. The van der Waals surface area contributed by atoms with Crippen LogP contribution in [0.5, 0.6) is 0 Å². The number of hydrogen-bond acceptors (Lipinski definition) is 1. The molecule has 2 aromatic carbocycles. The van der Waals surface area contributed by atoms with Gasteiger partial charge < -0.3 is 5.32 Å². The minimum Gasteiger partial charge on any atom is -0.356 e. The van der Waals surface area contributed by atoms with Crippen LogP contribution in [0.2, 0.25) is 10.0 Å². The molecule has 1 aliphatic carbocycles. The second kappa shape index (κ2) is 6.90. The lowest BCUT2D eigenvalue weighted by Gasteiger charge is -2.43. The molecule has 4 heteroatoms. The number of aryl methyl sites for hydroxylation is 1. The summed E-state index contributed by atoms with van der Waals surface area (Å²) in [6.07, 6.45) is 0.963. The van der Waals surface area contributed by atoms with Crippen molar-refractivity contribution in [3.05, 3.63) is 69.2 Å². The lowest BCUT2D eigenvalue weighted by Crippen LogP contribution is -2.37. The van der Waals surface area contributed by atoms with Crippen LogP contribution in [0.15, 0.2) is 42.5 Å². The zero-order valence-electron chi connectivity index (χ0n) is 15.0. The van der Waals surface area contributed by atoms with Crippen LogP contribution in [0.4, 0.5) is 0 Å². The SMILES string of the molecule is Cc1ccc(C2CC(C)C3C(=O)NCC3C2c2ccc(Cl)cc2)c(Cl)c1. The molecule has 0 aromatic heterocycles. The van der Waals surface area contributed by atoms with Gasteiger partial charge in [-0.3, -0.25) is 4.79 Å². The first-order chi connectivity index (χ1) is 12.5. The Balaban J connectivity index is 1.82. The maximum absolute atomic E-state index is 12.4. The molecule has 2 fully saturated rings. The van der Waals surface area contributed by atoms with Crippen LogP contribution in [0.3, 0.4) is 0 Å². The average molecular weight is 388 g/mol. The van der Waals surface area contributed by atoms with Crippen molar-refractivity contribution in [2.24, 2.45) is 17.8 Å². The lowest BCUT2D eigenvalue weighted by atomic mass is 9.60. The number of hydrogen-bond donors (Lipinski definition) is 1. The van der Waals surface area contributed by atoms with E-state index in [1.807, 2.05) is 18.2 Å². The van der Waals surface area contributed by atoms with Gasteiger partial charge in [-0.15, -0.1) is 0 Å². The number of carbonyl (C=O) groups excluding carboxylic acids is 1. The van der Waals surface area contributed by atoms with Gasteiger partial charge in [0.05, 0.1) is 0 Å². The number of halogens is 2. The van der Waals surface area contributed by atoms with Gasteiger partial charge in [0, 0.05) is 22.5 Å². The van der Waals surface area contributed by atoms with E-state index in [0.29, 0.717) is 11.8 Å². The van der Waals surface area contributed by atoms with Gasteiger partial charge in [-0.25, -0.2) is 0 Å². The van der Waals surface area contributed by atoms with E-state index in [0.717, 1.165) is 23.0 Å². The van der Waals surface area contributed by atoms with Crippen LogP contribution in [0, 0.1) is 24.7 Å². The van der Waals surface area contributed by atoms with Gasteiger partial charge in [0.25, 0.3) is 0 Å². The predicted molar refractivity (Wildman–Crippen MR) is 107 cm³/mol. The fourth-order valence-electron chi connectivity index (χ4n) is 5.10. The van der Waals surface area contributed by atoms with Crippen molar-refractivity contribution in [3.8, 4) is 0 Å². The molecule has 5 atom stereocenters. The van der Waals surface area contributed by atoms with Crippen molar-refractivity contribution >= 4 is 29.1 Å². The van der Waals surface area contributed by atoms with Crippen LogP contribution >= 0.6 is 23.2 Å². The number of fused-ring (bicyclic) bond motifs is 1. The molecule has 1 heterocycles. The molecule has 2 nitrogen and oxygen atoms in total. The second-order valence-electron chi connectivity index (χ2n) is 7.86. The highest BCUT2D eigenvalue weighted by molar-refractivity contribution is 6.31. The van der Waals surface area contributed by atoms with E-state index in [4.69, 9.17) is 23.2 Å². The Morgan fingerprint density at radius 1 is 1.04 bits per heavy atom. The number of carbonyl (C=O) groups is 1. The van der Waals surface area contributed by atoms with Crippen LogP contribution < -0.4 is 5.32 Å². The number of nitrogens with one attached hydrogen (secondary N) is 1. The van der Waals surface area contributed by atoms with Crippen molar-refractivity contribution in [3.63, 3.8) is 0 Å². The largest absolute Gasteiger partial charge is 0.356 e. The summed E-state index contributed by atoms with van der Waals surface area (Å²) in [6, 6.07) is 14.5. The molecular weight excluding hydrogens is 365 g/mol. The van der Waals surface area contributed by atoms with E-state index in [1.54, 1.807) is 0 Å². The van der Waals surface area contributed by atoms with E-state index in [2.05, 4.69) is 43.4 Å². The molecule has 0 bridgehead atoms. The molecule has 136 valence electrons. The molecule has 1 N–H and O–H groups in total. The van der Waals surface area contributed by atoms with Crippen molar-refractivity contribution < 1.29 is 4.79 Å². The zero-order valence-corrected chi connectivity index (χ0v) is 16.5. The Bertz CT molecular complexity index is 833. The molecule has 0 radical (unpaired) electrons. The lowest BCUT2D eigenvalue weighted by molar-refractivity contribution is -0.125. The highest BCUT2D eigenvalue weighted by Gasteiger charge is 2.50. The van der Waals surface area contributed by atoms with E-state index in [9.17, 15) is 4.79 Å². The fourth-order valence-corrected chi connectivity index (χ4v) is 5.60. The molecule has 2 aliphatic rings. The third-order valence-electron chi connectivity index (χ3n) is 6.22. The molecule has 4 rings (SSSR count). The highest BCUT2D eigenvalue weighted by Crippen LogP contribution is 2.54. The molecule has 5 unspecified atom stereocenters. The normalized spacial score (nSPS) is 30.8. The monoisotopic (exact) mass is 387 g/mol. The molecular formula is C22H23Cl2NO. The van der Waals surface area contributed by atoms with Crippen LogP contribution in [-0.4, -0.2) is 12.5 Å². The van der Waals surface area contributed by atoms with Crippen LogP contribution in [-0.2, 0) is 4.79 Å². The molecule has 1 saturated carbocycles. The maximum Gasteiger partial charge on any atom is 0.223 e. The van der Waals surface area contributed by atoms with Gasteiger partial charge in [0.2, 0.25) is 5.91 Å². The molecule has 1 saturated heterocycles. The van der Waals surface area contributed by atoms with Crippen molar-refractivity contribution in [1.29, 1.82) is 0 Å². The Morgan fingerprint density at radius 3 is 2.46 bits per heavy atom. The van der Waals surface area contributed by atoms with Crippen molar-refractivity contribution in [2.45, 2.75) is 32.1 Å². The Kier molecular flexibility index (Phi) is 4.75. The summed E-state index contributed by atoms with van der Waals surface area (Å²) in [6.45, 7) is 5.00. The Labute approximate surface area is 164 Å². The van der Waals surface area contributed by atoms with E-state index >= 15 is 0 Å². The summed E-state index contributed by atoms with van der Waals surface area (Å²) in [5, 5.41) is 4.67. The Morgan fingerprint density at radius 2 is 1.77 bits per heavy atom. The highest BCUT2D eigenvalue weighted by atomic mass is 35.5. The molecule has 26 heavy (non-hydrogen) atoms. The summed E-state index contributed by atoms with van der Waals surface area (Å²) in [5.74, 6) is 1.47. The summed E-state index contributed by atoms with van der Waals surface area (Å²) in [7, 11) is 0. The molecule has 1 amide bonds. The molecule has 1 aliphatic heterocycles. The van der Waals surface area contributed by atoms with Gasteiger partial charge in [0.15, 0.2) is 0 Å². The van der Waals surface area contributed by atoms with Crippen LogP contribution in [0.1, 0.15) is 41.9 Å². The molecule has 2 aromatic rings. The zero-order chi connectivity index (χ0) is 18.4. The average Bonchev–Trinajstić information content (AvgIpc) is 2.98. The van der Waals surface area contributed by atoms with E-state index in [1.165, 1.54) is 16.7 Å². The standard InChI is InChI=1S/C22H23Cl2NO/c1-12-3-8-16(19(24)9-12)17-10-13(2)20-18(11-25-22(20)26)21(17)14-4-6-15(23)7-5-14/h3-9,13,17-18,20-21H,10-11H2,1-2H3,(H,25,26). The Hall–Kier alpha value is -1.51. The van der Waals surface area contributed by atoms with Gasteiger partial charge in [-0.05, 0) is 71.9 Å². The number of rotatable bonds is 2. The summed E-state index contributed by atoms with van der Waals surface area (Å²) < 4.78 is 0. The number of amides is 1. The third-order valence-corrected chi connectivity index (χ3v) is 6.80. The maximum atomic E-state index is 12.4. The van der Waals surface area contributed by atoms with Crippen LogP contribution in [0.25, 0.3) is 0 Å². The second-order valence-corrected chi connectivity index (χ2v) is 8.70.